The molecule has 30 heavy (non-hydrogen) atoms. The van der Waals surface area contributed by atoms with E-state index in [1.807, 2.05) is 0 Å². The molecule has 1 aromatic rings. The molecule has 0 bridgehead atoms. The van der Waals surface area contributed by atoms with Crippen molar-refractivity contribution in [2.24, 2.45) is 5.73 Å². The zero-order valence-electron chi connectivity index (χ0n) is 16.2. The number of amides is 1. The van der Waals surface area contributed by atoms with Gasteiger partial charge in [-0.1, -0.05) is 11.8 Å². The lowest BCUT2D eigenvalue weighted by Crippen LogP contribution is -2.78. The highest BCUT2D eigenvalue weighted by Gasteiger charge is 2.64. The van der Waals surface area contributed by atoms with E-state index in [1.54, 1.807) is 0 Å². The van der Waals surface area contributed by atoms with E-state index < -0.39 is 33.9 Å². The van der Waals surface area contributed by atoms with Crippen LogP contribution in [0.25, 0.3) is 0 Å². The first-order valence-corrected chi connectivity index (χ1v) is 9.74. The third-order valence-corrected chi connectivity index (χ3v) is 6.17. The average Bonchev–Trinajstić information content (AvgIpc) is 2.74. The first kappa shape index (κ1) is 21.7. The van der Waals surface area contributed by atoms with E-state index >= 15 is 0 Å². The third-order valence-electron chi connectivity index (χ3n) is 4.66. The topological polar surface area (TPSA) is 151 Å². The van der Waals surface area contributed by atoms with E-state index in [0.717, 1.165) is 4.90 Å². The van der Waals surface area contributed by atoms with Crippen LogP contribution in [0.3, 0.4) is 0 Å². The summed E-state index contributed by atoms with van der Waals surface area (Å²) in [6.45, 7) is 0.860. The number of nitro groups is 1. The maximum atomic E-state index is 12.9. The van der Waals surface area contributed by atoms with Gasteiger partial charge in [0.2, 0.25) is 5.06 Å². The number of nitro benzene ring substituents is 1. The van der Waals surface area contributed by atoms with Crippen LogP contribution in [0.5, 0.6) is 0 Å². The standard InChI is InChI=1S/C18H19N3O8S/c1-10(22)28-8-12-9-30-18(27-2)15(19)16(23)20(18)14(12)17(24)29-7-11-3-5-13(6-4-11)21(25)26/h3-6,15H,7-9,19H2,1-2H3/t15-,18-/m1/s1. The summed E-state index contributed by atoms with van der Waals surface area (Å²) in [7, 11) is 1.38. The van der Waals surface area contributed by atoms with Gasteiger partial charge in [0.25, 0.3) is 11.6 Å². The molecule has 3 rings (SSSR count). The molecule has 1 saturated heterocycles. The fourth-order valence-corrected chi connectivity index (χ4v) is 4.41. The van der Waals surface area contributed by atoms with Crippen molar-refractivity contribution in [3.63, 3.8) is 0 Å². The van der Waals surface area contributed by atoms with Crippen LogP contribution in [0.2, 0.25) is 0 Å². The quantitative estimate of drug-likeness (QED) is 0.279. The van der Waals surface area contributed by atoms with Crippen molar-refractivity contribution in [1.29, 1.82) is 0 Å². The molecule has 0 aliphatic carbocycles. The van der Waals surface area contributed by atoms with Gasteiger partial charge < -0.3 is 19.9 Å². The molecule has 2 heterocycles. The third kappa shape index (κ3) is 3.76. The first-order chi connectivity index (χ1) is 14.2. The molecule has 1 fully saturated rings. The molecular weight excluding hydrogens is 418 g/mol. The molecule has 0 unspecified atom stereocenters. The zero-order valence-corrected chi connectivity index (χ0v) is 17.0. The van der Waals surface area contributed by atoms with Crippen molar-refractivity contribution in [1.82, 2.24) is 4.90 Å². The highest BCUT2D eigenvalue weighted by molar-refractivity contribution is 8.00. The van der Waals surface area contributed by atoms with Gasteiger partial charge in [-0.2, -0.15) is 0 Å². The number of rotatable bonds is 7. The molecular formula is C18H19N3O8S. The summed E-state index contributed by atoms with van der Waals surface area (Å²) in [5.41, 5.74) is 6.64. The van der Waals surface area contributed by atoms with Gasteiger partial charge in [-0.3, -0.25) is 24.6 Å². The number of non-ortho nitro benzene ring substituents is 1. The molecule has 2 aliphatic rings. The number of fused-ring (bicyclic) bond motifs is 1. The monoisotopic (exact) mass is 437 g/mol. The molecule has 2 N–H and O–H groups in total. The SMILES string of the molecule is CO[C@]12SCC(COC(C)=O)=C(C(=O)OCc3ccc([N+](=O)[O-])cc3)N1C(=O)[C@H]2N. The van der Waals surface area contributed by atoms with Crippen LogP contribution in [0.1, 0.15) is 12.5 Å². The Kier molecular flexibility index (Phi) is 6.10. The first-order valence-electron chi connectivity index (χ1n) is 8.76. The lowest BCUT2D eigenvalue weighted by atomic mass is 10.0. The summed E-state index contributed by atoms with van der Waals surface area (Å²) < 4.78 is 15.8. The van der Waals surface area contributed by atoms with Crippen molar-refractivity contribution in [2.75, 3.05) is 19.5 Å². The molecule has 0 aromatic heterocycles. The number of carbonyl (C=O) groups is 3. The number of hydrogen-bond donors (Lipinski definition) is 1. The summed E-state index contributed by atoms with van der Waals surface area (Å²) in [6.07, 6.45) is 0. The van der Waals surface area contributed by atoms with Gasteiger partial charge in [0, 0.05) is 37.5 Å². The highest BCUT2D eigenvalue weighted by atomic mass is 32.2. The molecule has 0 spiro atoms. The number of ether oxygens (including phenoxy) is 3. The largest absolute Gasteiger partial charge is 0.461 e. The molecule has 11 nitrogen and oxygen atoms in total. The lowest BCUT2D eigenvalue weighted by Gasteiger charge is -2.56. The van der Waals surface area contributed by atoms with Gasteiger partial charge in [0.15, 0.2) is 0 Å². The smallest absolute Gasteiger partial charge is 0.355 e. The number of thioether (sulfide) groups is 1. The van der Waals surface area contributed by atoms with E-state index in [-0.39, 0.29) is 30.4 Å². The molecule has 1 amide bonds. The number of hydrogen-bond acceptors (Lipinski definition) is 10. The van der Waals surface area contributed by atoms with Crippen LogP contribution in [-0.2, 0) is 35.2 Å². The Hall–Kier alpha value is -2.96. The summed E-state index contributed by atoms with van der Waals surface area (Å²) in [5, 5.41) is 9.50. The van der Waals surface area contributed by atoms with Gasteiger partial charge in [0.1, 0.15) is 25.0 Å². The van der Waals surface area contributed by atoms with Gasteiger partial charge in [-0.25, -0.2) is 4.79 Å². The molecule has 12 heteroatoms. The van der Waals surface area contributed by atoms with E-state index in [2.05, 4.69) is 0 Å². The van der Waals surface area contributed by atoms with E-state index in [0.29, 0.717) is 11.1 Å². The van der Waals surface area contributed by atoms with E-state index in [9.17, 15) is 24.5 Å². The van der Waals surface area contributed by atoms with Crippen molar-refractivity contribution in [2.45, 2.75) is 24.6 Å². The second-order valence-electron chi connectivity index (χ2n) is 6.51. The molecule has 0 saturated carbocycles. The maximum absolute atomic E-state index is 12.9. The van der Waals surface area contributed by atoms with E-state index in [1.165, 1.54) is 50.1 Å². The summed E-state index contributed by atoms with van der Waals surface area (Å²) >= 11 is 1.21. The number of esters is 2. The number of benzene rings is 1. The number of methoxy groups -OCH3 is 1. The predicted octanol–water partition coefficient (Wildman–Crippen LogP) is 0.672. The Labute approximate surface area is 175 Å². The molecule has 160 valence electrons. The van der Waals surface area contributed by atoms with E-state index in [4.69, 9.17) is 19.9 Å². The Bertz CT molecular complexity index is 932. The maximum Gasteiger partial charge on any atom is 0.355 e. The normalized spacial score (nSPS) is 22.8. The lowest BCUT2D eigenvalue weighted by molar-refractivity contribution is -0.384. The molecule has 0 radical (unpaired) electrons. The predicted molar refractivity (Wildman–Crippen MR) is 104 cm³/mol. The van der Waals surface area contributed by atoms with Crippen molar-refractivity contribution < 1.29 is 33.5 Å². The van der Waals surface area contributed by atoms with Gasteiger partial charge in [0.05, 0.1) is 4.92 Å². The fourth-order valence-electron chi connectivity index (χ4n) is 3.10. The van der Waals surface area contributed by atoms with Crippen molar-refractivity contribution >= 4 is 35.3 Å². The molecule has 1 aromatic carbocycles. The summed E-state index contributed by atoms with van der Waals surface area (Å²) in [5.74, 6) is -1.65. The zero-order chi connectivity index (χ0) is 22.1. The van der Waals surface area contributed by atoms with Crippen LogP contribution >= 0.6 is 11.8 Å². The van der Waals surface area contributed by atoms with Gasteiger partial charge >= 0.3 is 11.9 Å². The molecule has 2 aliphatic heterocycles. The summed E-state index contributed by atoms with van der Waals surface area (Å²) in [6, 6.07) is 4.54. The van der Waals surface area contributed by atoms with Crippen molar-refractivity contribution in [3.05, 3.63) is 51.2 Å². The Morgan fingerprint density at radius 3 is 2.53 bits per heavy atom. The van der Waals surface area contributed by atoms with Crippen LogP contribution < -0.4 is 5.73 Å². The minimum Gasteiger partial charge on any atom is -0.461 e. The minimum atomic E-state index is -1.24. The summed E-state index contributed by atoms with van der Waals surface area (Å²) in [4.78, 5) is 47.8. The average molecular weight is 437 g/mol. The van der Waals surface area contributed by atoms with Crippen LogP contribution in [-0.4, -0.2) is 58.2 Å². The minimum absolute atomic E-state index is 0.0783. The fraction of sp³-hybridized carbons (Fsp3) is 0.389. The highest BCUT2D eigenvalue weighted by Crippen LogP contribution is 2.49. The second-order valence-corrected chi connectivity index (χ2v) is 7.67. The number of nitrogens with zero attached hydrogens (tertiary/aromatic N) is 2. The van der Waals surface area contributed by atoms with Crippen LogP contribution in [0, 0.1) is 10.1 Å². The number of carbonyl (C=O) groups excluding carboxylic acids is 3. The number of nitrogens with two attached hydrogens (primary N) is 1. The van der Waals surface area contributed by atoms with Crippen LogP contribution in [0.15, 0.2) is 35.5 Å². The Balaban J connectivity index is 1.83. The molecule has 2 atom stereocenters. The Morgan fingerprint density at radius 2 is 1.97 bits per heavy atom. The van der Waals surface area contributed by atoms with Crippen molar-refractivity contribution in [3.8, 4) is 0 Å². The number of β-lactam (4-membered cyclic amide) rings is 1. The van der Waals surface area contributed by atoms with Crippen LogP contribution in [0.4, 0.5) is 5.69 Å². The second kappa shape index (κ2) is 8.42. The Morgan fingerprint density at radius 1 is 1.30 bits per heavy atom. The van der Waals surface area contributed by atoms with Gasteiger partial charge in [-0.05, 0) is 17.7 Å². The van der Waals surface area contributed by atoms with Gasteiger partial charge in [-0.15, -0.1) is 0 Å².